The number of carboxylic acids is 1. The molecule has 0 saturated heterocycles. The Kier molecular flexibility index (Phi) is 3.01. The first-order chi connectivity index (χ1) is 8.13. The third-order valence-electron chi connectivity index (χ3n) is 2.30. The van der Waals surface area contributed by atoms with E-state index in [9.17, 15) is 4.79 Å². The summed E-state index contributed by atoms with van der Waals surface area (Å²) in [5.41, 5.74) is 1.01. The lowest BCUT2D eigenvalue weighted by molar-refractivity contribution is 0.0698. The van der Waals surface area contributed by atoms with Crippen molar-refractivity contribution in [3.8, 4) is 17.0 Å². The number of H-pyrrole nitrogens is 1. The molecular weight excluding hydrogens is 244 g/mol. The molecule has 2 N–H and O–H groups in total. The Morgan fingerprint density at radius 2 is 2.29 bits per heavy atom. The SMILES string of the molecule is COc1ccc(Cl)cc1-c1[nH]ncc1C(=O)O. The van der Waals surface area contributed by atoms with Crippen molar-refractivity contribution in [1.29, 1.82) is 0 Å². The molecular formula is C11H9ClN2O3. The number of hydrogen-bond acceptors (Lipinski definition) is 3. The smallest absolute Gasteiger partial charge is 0.339 e. The van der Waals surface area contributed by atoms with Gasteiger partial charge in [0.15, 0.2) is 0 Å². The third kappa shape index (κ3) is 2.09. The van der Waals surface area contributed by atoms with Crippen molar-refractivity contribution >= 4 is 17.6 Å². The molecule has 88 valence electrons. The fourth-order valence-electron chi connectivity index (χ4n) is 1.53. The Balaban J connectivity index is 2.63. The molecule has 2 aromatic rings. The Morgan fingerprint density at radius 3 is 2.94 bits per heavy atom. The van der Waals surface area contributed by atoms with E-state index in [1.807, 2.05) is 0 Å². The maximum Gasteiger partial charge on any atom is 0.339 e. The first-order valence-corrected chi connectivity index (χ1v) is 5.12. The predicted octanol–water partition coefficient (Wildman–Crippen LogP) is 2.44. The van der Waals surface area contributed by atoms with Crippen LogP contribution >= 0.6 is 11.6 Å². The van der Waals surface area contributed by atoms with Crippen LogP contribution in [0, 0.1) is 0 Å². The van der Waals surface area contributed by atoms with E-state index in [2.05, 4.69) is 10.2 Å². The molecule has 0 radical (unpaired) electrons. The molecule has 0 atom stereocenters. The number of ether oxygens (including phenoxy) is 1. The van der Waals surface area contributed by atoms with Crippen LogP contribution in [0.1, 0.15) is 10.4 Å². The van der Waals surface area contributed by atoms with Gasteiger partial charge in [-0.05, 0) is 18.2 Å². The first kappa shape index (κ1) is 11.5. The summed E-state index contributed by atoms with van der Waals surface area (Å²) in [5.74, 6) is -0.531. The molecule has 0 amide bonds. The first-order valence-electron chi connectivity index (χ1n) is 4.74. The summed E-state index contributed by atoms with van der Waals surface area (Å²) < 4.78 is 5.16. The van der Waals surface area contributed by atoms with Gasteiger partial charge in [0.25, 0.3) is 0 Å². The Bertz CT molecular complexity index is 566. The van der Waals surface area contributed by atoms with Crippen molar-refractivity contribution in [2.24, 2.45) is 0 Å². The molecule has 0 spiro atoms. The van der Waals surface area contributed by atoms with Crippen LogP contribution in [0.5, 0.6) is 5.75 Å². The summed E-state index contributed by atoms with van der Waals surface area (Å²) in [7, 11) is 1.50. The van der Waals surface area contributed by atoms with E-state index in [-0.39, 0.29) is 5.56 Å². The van der Waals surface area contributed by atoms with Gasteiger partial charge < -0.3 is 9.84 Å². The second kappa shape index (κ2) is 4.47. The number of aromatic nitrogens is 2. The van der Waals surface area contributed by atoms with Gasteiger partial charge >= 0.3 is 5.97 Å². The number of aromatic amines is 1. The van der Waals surface area contributed by atoms with E-state index in [4.69, 9.17) is 21.4 Å². The van der Waals surface area contributed by atoms with E-state index < -0.39 is 5.97 Å². The highest BCUT2D eigenvalue weighted by atomic mass is 35.5. The zero-order valence-corrected chi connectivity index (χ0v) is 9.65. The highest BCUT2D eigenvalue weighted by Crippen LogP contribution is 2.33. The maximum absolute atomic E-state index is 11.0. The average molecular weight is 253 g/mol. The van der Waals surface area contributed by atoms with Crippen molar-refractivity contribution < 1.29 is 14.6 Å². The second-order valence-corrected chi connectivity index (χ2v) is 3.74. The number of aromatic carboxylic acids is 1. The molecule has 0 aliphatic heterocycles. The zero-order valence-electron chi connectivity index (χ0n) is 8.90. The summed E-state index contributed by atoms with van der Waals surface area (Å²) in [6.07, 6.45) is 1.25. The number of benzene rings is 1. The van der Waals surface area contributed by atoms with Crippen molar-refractivity contribution in [3.05, 3.63) is 35.0 Å². The van der Waals surface area contributed by atoms with Crippen molar-refractivity contribution in [2.45, 2.75) is 0 Å². The van der Waals surface area contributed by atoms with Crippen molar-refractivity contribution in [2.75, 3.05) is 7.11 Å². The predicted molar refractivity (Wildman–Crippen MR) is 62.5 cm³/mol. The van der Waals surface area contributed by atoms with Crippen LogP contribution in [0.15, 0.2) is 24.4 Å². The second-order valence-electron chi connectivity index (χ2n) is 3.31. The minimum absolute atomic E-state index is 0.0746. The number of carbonyl (C=O) groups is 1. The Hall–Kier alpha value is -2.01. The number of nitrogens with one attached hydrogen (secondary N) is 1. The zero-order chi connectivity index (χ0) is 12.4. The largest absolute Gasteiger partial charge is 0.496 e. The number of nitrogens with zero attached hydrogens (tertiary/aromatic N) is 1. The molecule has 6 heteroatoms. The molecule has 0 saturated carbocycles. The molecule has 1 aromatic carbocycles. The molecule has 5 nitrogen and oxygen atoms in total. The van der Waals surface area contributed by atoms with Crippen molar-refractivity contribution in [3.63, 3.8) is 0 Å². The van der Waals surface area contributed by atoms with Gasteiger partial charge in [0, 0.05) is 10.6 Å². The summed E-state index contributed by atoms with van der Waals surface area (Å²) in [4.78, 5) is 11.0. The minimum atomic E-state index is -1.06. The molecule has 1 aromatic heterocycles. The van der Waals surface area contributed by atoms with E-state index in [0.29, 0.717) is 22.0 Å². The molecule has 0 bridgehead atoms. The summed E-state index contributed by atoms with van der Waals surface area (Å²) in [6.45, 7) is 0. The molecule has 0 aliphatic carbocycles. The monoisotopic (exact) mass is 252 g/mol. The van der Waals surface area contributed by atoms with Gasteiger partial charge in [0.05, 0.1) is 19.0 Å². The molecule has 0 aliphatic rings. The summed E-state index contributed by atoms with van der Waals surface area (Å²) in [5, 5.41) is 15.9. The topological polar surface area (TPSA) is 75.2 Å². The minimum Gasteiger partial charge on any atom is -0.496 e. The van der Waals surface area contributed by atoms with Gasteiger partial charge in [-0.15, -0.1) is 0 Å². The molecule has 2 rings (SSSR count). The van der Waals surface area contributed by atoms with Crippen LogP contribution in [0.25, 0.3) is 11.3 Å². The van der Waals surface area contributed by atoms with Crippen LogP contribution in [0.3, 0.4) is 0 Å². The lowest BCUT2D eigenvalue weighted by atomic mass is 10.1. The van der Waals surface area contributed by atoms with Crippen LogP contribution < -0.4 is 4.74 Å². The van der Waals surface area contributed by atoms with Crippen molar-refractivity contribution in [1.82, 2.24) is 10.2 Å². The van der Waals surface area contributed by atoms with Crippen LogP contribution in [0.2, 0.25) is 5.02 Å². The standard InChI is InChI=1S/C11H9ClN2O3/c1-17-9-3-2-6(12)4-7(9)10-8(11(15)16)5-13-14-10/h2-5H,1H3,(H,13,14)(H,15,16). The maximum atomic E-state index is 11.0. The van der Waals surface area contributed by atoms with Gasteiger partial charge in [-0.25, -0.2) is 4.79 Å². The normalized spacial score (nSPS) is 10.2. The fraction of sp³-hybridized carbons (Fsp3) is 0.0909. The van der Waals surface area contributed by atoms with Crippen LogP contribution in [0.4, 0.5) is 0 Å². The average Bonchev–Trinajstić information content (AvgIpc) is 2.77. The van der Waals surface area contributed by atoms with Gasteiger partial charge in [0.1, 0.15) is 11.3 Å². The van der Waals surface area contributed by atoms with Gasteiger partial charge in [-0.2, -0.15) is 5.10 Å². The van der Waals surface area contributed by atoms with E-state index in [0.717, 1.165) is 0 Å². The number of hydrogen-bond donors (Lipinski definition) is 2. The molecule has 1 heterocycles. The molecule has 17 heavy (non-hydrogen) atoms. The third-order valence-corrected chi connectivity index (χ3v) is 2.54. The summed E-state index contributed by atoms with van der Waals surface area (Å²) >= 11 is 5.89. The highest BCUT2D eigenvalue weighted by Gasteiger charge is 2.17. The lowest BCUT2D eigenvalue weighted by Crippen LogP contribution is -1.98. The van der Waals surface area contributed by atoms with E-state index in [1.54, 1.807) is 18.2 Å². The Labute approximate surface area is 102 Å². The van der Waals surface area contributed by atoms with Crippen LogP contribution in [-0.2, 0) is 0 Å². The quantitative estimate of drug-likeness (QED) is 0.880. The highest BCUT2D eigenvalue weighted by molar-refractivity contribution is 6.31. The Morgan fingerprint density at radius 1 is 1.53 bits per heavy atom. The van der Waals surface area contributed by atoms with Gasteiger partial charge in [-0.1, -0.05) is 11.6 Å². The fourth-order valence-corrected chi connectivity index (χ4v) is 1.70. The molecule has 0 unspecified atom stereocenters. The molecule has 0 fully saturated rings. The lowest BCUT2D eigenvalue weighted by Gasteiger charge is -2.07. The number of carboxylic acid groups (broad SMARTS) is 1. The van der Waals surface area contributed by atoms with Crippen LogP contribution in [-0.4, -0.2) is 28.4 Å². The number of rotatable bonds is 3. The summed E-state index contributed by atoms with van der Waals surface area (Å²) in [6, 6.07) is 4.96. The number of methoxy groups -OCH3 is 1. The van der Waals surface area contributed by atoms with E-state index >= 15 is 0 Å². The van der Waals surface area contributed by atoms with Gasteiger partial charge in [-0.3, -0.25) is 5.10 Å². The number of halogens is 1. The van der Waals surface area contributed by atoms with Gasteiger partial charge in [0.2, 0.25) is 0 Å². The van der Waals surface area contributed by atoms with E-state index in [1.165, 1.54) is 13.3 Å².